The van der Waals surface area contributed by atoms with Crippen LogP contribution in [0.25, 0.3) is 10.9 Å². The van der Waals surface area contributed by atoms with Crippen LogP contribution in [0.4, 0.5) is 4.39 Å². The van der Waals surface area contributed by atoms with E-state index in [-0.39, 0.29) is 11.7 Å². The van der Waals surface area contributed by atoms with Gasteiger partial charge in [-0.3, -0.25) is 9.78 Å². The van der Waals surface area contributed by atoms with E-state index in [2.05, 4.69) is 15.5 Å². The Kier molecular flexibility index (Phi) is 3.98. The standard InChI is InChI=1S/C20H16FN3O/c21-15-9-5-13(6-10-15)12-22-24-20(25)17-11-19(14-7-8-14)23-18-4-2-1-3-16(17)18/h1-6,9-12,14H,7-8H2,(H,24,25)/b22-12+. The minimum atomic E-state index is -0.308. The lowest BCUT2D eigenvalue weighted by atomic mass is 10.1. The Balaban J connectivity index is 1.59. The summed E-state index contributed by atoms with van der Waals surface area (Å²) < 4.78 is 12.9. The molecule has 0 radical (unpaired) electrons. The highest BCUT2D eigenvalue weighted by Crippen LogP contribution is 2.40. The molecule has 1 aliphatic carbocycles. The molecule has 0 aliphatic heterocycles. The number of rotatable bonds is 4. The predicted molar refractivity (Wildman–Crippen MR) is 95.2 cm³/mol. The summed E-state index contributed by atoms with van der Waals surface area (Å²) in [5.74, 6) is -0.130. The minimum Gasteiger partial charge on any atom is -0.267 e. The largest absolute Gasteiger partial charge is 0.272 e. The van der Waals surface area contributed by atoms with Gasteiger partial charge in [0, 0.05) is 17.0 Å². The van der Waals surface area contributed by atoms with Crippen molar-refractivity contribution < 1.29 is 9.18 Å². The predicted octanol–water partition coefficient (Wildman–Crippen LogP) is 4.02. The summed E-state index contributed by atoms with van der Waals surface area (Å²) in [6, 6.07) is 15.4. The summed E-state index contributed by atoms with van der Waals surface area (Å²) in [4.78, 5) is 17.2. The zero-order chi connectivity index (χ0) is 17.2. The molecule has 2 aromatic carbocycles. The second-order valence-electron chi connectivity index (χ2n) is 6.14. The number of hydrogen-bond acceptors (Lipinski definition) is 3. The normalized spacial score (nSPS) is 14.1. The van der Waals surface area contributed by atoms with Gasteiger partial charge in [-0.15, -0.1) is 0 Å². The van der Waals surface area contributed by atoms with E-state index in [1.54, 1.807) is 12.1 Å². The lowest BCUT2D eigenvalue weighted by Gasteiger charge is -2.08. The van der Waals surface area contributed by atoms with E-state index in [1.165, 1.54) is 18.3 Å². The summed E-state index contributed by atoms with van der Waals surface area (Å²) in [7, 11) is 0. The fraction of sp³-hybridized carbons (Fsp3) is 0.150. The van der Waals surface area contributed by atoms with Crippen LogP contribution in [0.3, 0.4) is 0 Å². The van der Waals surface area contributed by atoms with Gasteiger partial charge in [0.15, 0.2) is 0 Å². The molecule has 124 valence electrons. The van der Waals surface area contributed by atoms with Crippen LogP contribution in [-0.4, -0.2) is 17.1 Å². The van der Waals surface area contributed by atoms with E-state index in [0.29, 0.717) is 17.0 Å². The first kappa shape index (κ1) is 15.4. The smallest absolute Gasteiger partial charge is 0.267 e. The Morgan fingerprint density at radius 2 is 1.92 bits per heavy atom. The van der Waals surface area contributed by atoms with Crippen LogP contribution in [0.1, 0.15) is 40.4 Å². The number of pyridine rings is 1. The van der Waals surface area contributed by atoms with Gasteiger partial charge in [-0.1, -0.05) is 30.3 Å². The maximum atomic E-state index is 12.9. The minimum absolute atomic E-state index is 0.279. The molecule has 1 saturated carbocycles. The number of halogens is 1. The molecule has 4 rings (SSSR count). The molecule has 1 heterocycles. The van der Waals surface area contributed by atoms with Crippen molar-refractivity contribution in [3.8, 4) is 0 Å². The second-order valence-corrected chi connectivity index (χ2v) is 6.14. The van der Waals surface area contributed by atoms with Crippen LogP contribution in [0.2, 0.25) is 0 Å². The first-order chi connectivity index (χ1) is 12.2. The lowest BCUT2D eigenvalue weighted by molar-refractivity contribution is 0.0956. The Morgan fingerprint density at radius 1 is 1.16 bits per heavy atom. The maximum absolute atomic E-state index is 12.9. The van der Waals surface area contributed by atoms with Gasteiger partial charge >= 0.3 is 0 Å². The van der Waals surface area contributed by atoms with Crippen molar-refractivity contribution in [3.63, 3.8) is 0 Å². The van der Waals surface area contributed by atoms with Gasteiger partial charge in [-0.2, -0.15) is 5.10 Å². The van der Waals surface area contributed by atoms with Crippen molar-refractivity contribution in [2.24, 2.45) is 5.10 Å². The molecule has 1 aromatic heterocycles. The highest BCUT2D eigenvalue weighted by molar-refractivity contribution is 6.06. The summed E-state index contributed by atoms with van der Waals surface area (Å²) in [6.45, 7) is 0. The summed E-state index contributed by atoms with van der Waals surface area (Å²) >= 11 is 0. The molecule has 1 amide bonds. The average Bonchev–Trinajstić information content (AvgIpc) is 3.47. The Hall–Kier alpha value is -3.08. The number of fused-ring (bicyclic) bond motifs is 1. The maximum Gasteiger partial charge on any atom is 0.272 e. The lowest BCUT2D eigenvalue weighted by Crippen LogP contribution is -2.18. The fourth-order valence-electron chi connectivity index (χ4n) is 2.75. The number of carbonyl (C=O) groups is 1. The van der Waals surface area contributed by atoms with Gasteiger partial charge in [0.05, 0.1) is 17.3 Å². The number of nitrogens with one attached hydrogen (secondary N) is 1. The van der Waals surface area contributed by atoms with E-state index in [4.69, 9.17) is 0 Å². The van der Waals surface area contributed by atoms with Crippen LogP contribution < -0.4 is 5.43 Å². The molecule has 0 spiro atoms. The van der Waals surface area contributed by atoms with Crippen LogP contribution in [0, 0.1) is 5.82 Å². The molecular weight excluding hydrogens is 317 g/mol. The molecule has 1 aliphatic rings. The van der Waals surface area contributed by atoms with Crippen molar-refractivity contribution in [3.05, 3.63) is 77.2 Å². The molecule has 0 saturated heterocycles. The SMILES string of the molecule is O=C(N/N=C/c1ccc(F)cc1)c1cc(C2CC2)nc2ccccc12. The number of amides is 1. The molecule has 1 fully saturated rings. The van der Waals surface area contributed by atoms with E-state index >= 15 is 0 Å². The third kappa shape index (κ3) is 3.40. The first-order valence-corrected chi connectivity index (χ1v) is 8.19. The van der Waals surface area contributed by atoms with Crippen LogP contribution in [0.15, 0.2) is 59.7 Å². The molecule has 4 nitrogen and oxygen atoms in total. The Bertz CT molecular complexity index is 962. The number of nitrogens with zero attached hydrogens (tertiary/aromatic N) is 2. The van der Waals surface area contributed by atoms with Crippen molar-refractivity contribution in [2.75, 3.05) is 0 Å². The van der Waals surface area contributed by atoms with E-state index in [9.17, 15) is 9.18 Å². The van der Waals surface area contributed by atoms with Gasteiger partial charge in [0.25, 0.3) is 5.91 Å². The second kappa shape index (κ2) is 6.43. The highest BCUT2D eigenvalue weighted by Gasteiger charge is 2.26. The number of hydrogen-bond donors (Lipinski definition) is 1. The zero-order valence-electron chi connectivity index (χ0n) is 13.4. The molecule has 3 aromatic rings. The first-order valence-electron chi connectivity index (χ1n) is 8.19. The van der Waals surface area contributed by atoms with Gasteiger partial charge in [-0.05, 0) is 42.7 Å². The van der Waals surface area contributed by atoms with E-state index in [1.807, 2.05) is 30.3 Å². The van der Waals surface area contributed by atoms with Crippen molar-refractivity contribution in [1.82, 2.24) is 10.4 Å². The van der Waals surface area contributed by atoms with Gasteiger partial charge in [-0.25, -0.2) is 9.82 Å². The molecule has 0 atom stereocenters. The number of carbonyl (C=O) groups excluding carboxylic acids is 1. The third-order valence-electron chi connectivity index (χ3n) is 4.23. The molecule has 1 N–H and O–H groups in total. The quantitative estimate of drug-likeness (QED) is 0.579. The van der Waals surface area contributed by atoms with Crippen molar-refractivity contribution >= 4 is 23.0 Å². The Morgan fingerprint density at radius 3 is 2.68 bits per heavy atom. The summed E-state index contributed by atoms with van der Waals surface area (Å²) in [5.41, 5.74) is 5.61. The van der Waals surface area contributed by atoms with Gasteiger partial charge in [0.1, 0.15) is 5.82 Å². The molecule has 25 heavy (non-hydrogen) atoms. The number of benzene rings is 2. The van der Waals surface area contributed by atoms with Gasteiger partial charge in [0.2, 0.25) is 0 Å². The molecule has 0 unspecified atom stereocenters. The van der Waals surface area contributed by atoms with Crippen LogP contribution in [-0.2, 0) is 0 Å². The monoisotopic (exact) mass is 333 g/mol. The van der Waals surface area contributed by atoms with Crippen molar-refractivity contribution in [1.29, 1.82) is 0 Å². The molecule has 5 heteroatoms. The number of para-hydroxylation sites is 1. The summed E-state index contributed by atoms with van der Waals surface area (Å²) in [6.07, 6.45) is 3.73. The Labute approximate surface area is 144 Å². The molecular formula is C20H16FN3O. The van der Waals surface area contributed by atoms with Gasteiger partial charge < -0.3 is 0 Å². The summed E-state index contributed by atoms with van der Waals surface area (Å²) in [5, 5.41) is 4.78. The number of aromatic nitrogens is 1. The van der Waals surface area contributed by atoms with Crippen molar-refractivity contribution in [2.45, 2.75) is 18.8 Å². The third-order valence-corrected chi connectivity index (χ3v) is 4.23. The van der Waals surface area contributed by atoms with Crippen LogP contribution >= 0.6 is 0 Å². The molecule has 0 bridgehead atoms. The van der Waals surface area contributed by atoms with Crippen LogP contribution in [0.5, 0.6) is 0 Å². The highest BCUT2D eigenvalue weighted by atomic mass is 19.1. The topological polar surface area (TPSA) is 54.4 Å². The fourth-order valence-corrected chi connectivity index (χ4v) is 2.75. The van der Waals surface area contributed by atoms with E-state index < -0.39 is 0 Å². The zero-order valence-corrected chi connectivity index (χ0v) is 13.4. The average molecular weight is 333 g/mol. The van der Waals surface area contributed by atoms with E-state index in [0.717, 1.165) is 29.4 Å². The number of hydrazone groups is 1.